The van der Waals surface area contributed by atoms with Gasteiger partial charge in [0.15, 0.2) is 0 Å². The number of hydrogen-bond acceptors (Lipinski definition) is 3. The van der Waals surface area contributed by atoms with E-state index in [0.717, 1.165) is 30.6 Å². The van der Waals surface area contributed by atoms with Gasteiger partial charge in [-0.3, -0.25) is 10.2 Å². The largest absolute Gasteiger partial charge is 0.385 e. The molecule has 1 fully saturated rings. The second-order valence-electron chi connectivity index (χ2n) is 6.06. The van der Waals surface area contributed by atoms with Crippen molar-refractivity contribution in [3.05, 3.63) is 29.3 Å². The van der Waals surface area contributed by atoms with Crippen LogP contribution in [0.2, 0.25) is 0 Å². The highest BCUT2D eigenvalue weighted by Gasteiger charge is 2.26. The summed E-state index contributed by atoms with van der Waals surface area (Å²) < 4.78 is 0. The Morgan fingerprint density at radius 2 is 1.95 bits per heavy atom. The Morgan fingerprint density at radius 3 is 2.57 bits per heavy atom. The maximum atomic E-state index is 12.6. The predicted octanol–water partition coefficient (Wildman–Crippen LogP) is 3.33. The van der Waals surface area contributed by atoms with Crippen LogP contribution < -0.4 is 10.7 Å². The van der Waals surface area contributed by atoms with Gasteiger partial charge in [0.25, 0.3) is 5.91 Å². The van der Waals surface area contributed by atoms with Gasteiger partial charge in [0.2, 0.25) is 0 Å². The van der Waals surface area contributed by atoms with E-state index in [4.69, 9.17) is 0 Å². The molecule has 1 heterocycles. The lowest BCUT2D eigenvalue weighted by atomic mass is 10.00. The van der Waals surface area contributed by atoms with Crippen LogP contribution in [0, 0.1) is 6.92 Å². The summed E-state index contributed by atoms with van der Waals surface area (Å²) in [6, 6.07) is 6.71. The van der Waals surface area contributed by atoms with E-state index in [1.807, 2.05) is 32.0 Å². The number of aryl methyl sites for hydroxylation is 1. The Morgan fingerprint density at radius 1 is 1.29 bits per heavy atom. The van der Waals surface area contributed by atoms with Crippen molar-refractivity contribution in [2.75, 3.05) is 11.9 Å². The quantitative estimate of drug-likeness (QED) is 0.893. The van der Waals surface area contributed by atoms with Crippen LogP contribution in [0.5, 0.6) is 0 Å². The van der Waals surface area contributed by atoms with Crippen molar-refractivity contribution in [1.82, 2.24) is 10.4 Å². The molecule has 2 unspecified atom stereocenters. The Balaban J connectivity index is 2.16. The Labute approximate surface area is 127 Å². The molecule has 0 aliphatic carbocycles. The van der Waals surface area contributed by atoms with Gasteiger partial charge in [0.1, 0.15) is 0 Å². The molecule has 1 saturated heterocycles. The fourth-order valence-electron chi connectivity index (χ4n) is 3.01. The van der Waals surface area contributed by atoms with Gasteiger partial charge in [0.05, 0.1) is 5.56 Å². The summed E-state index contributed by atoms with van der Waals surface area (Å²) in [5.74, 6) is -0.0217. The lowest BCUT2D eigenvalue weighted by molar-refractivity contribution is 0.0370. The van der Waals surface area contributed by atoms with Crippen LogP contribution in [-0.4, -0.2) is 29.5 Å². The molecule has 1 aromatic carbocycles. The molecule has 21 heavy (non-hydrogen) atoms. The van der Waals surface area contributed by atoms with Crippen LogP contribution in [0.15, 0.2) is 18.2 Å². The molecule has 1 aliphatic rings. The number of amides is 1. The SMILES string of the molecule is CCNc1cc(C)ccc1C(=O)NN1C(C)CCCC1C. The van der Waals surface area contributed by atoms with Crippen molar-refractivity contribution in [1.29, 1.82) is 0 Å². The normalized spacial score (nSPS) is 22.9. The number of hydrogen-bond donors (Lipinski definition) is 2. The number of nitrogens with one attached hydrogen (secondary N) is 2. The van der Waals surface area contributed by atoms with Crippen LogP contribution in [0.1, 0.15) is 56.0 Å². The topological polar surface area (TPSA) is 44.4 Å². The summed E-state index contributed by atoms with van der Waals surface area (Å²) in [7, 11) is 0. The maximum Gasteiger partial charge on any atom is 0.267 e. The molecule has 0 saturated carbocycles. The molecular weight excluding hydrogens is 262 g/mol. The smallest absolute Gasteiger partial charge is 0.267 e. The van der Waals surface area contributed by atoms with E-state index in [9.17, 15) is 4.79 Å². The number of carbonyl (C=O) groups excluding carboxylic acids is 1. The van der Waals surface area contributed by atoms with Gasteiger partial charge in [-0.2, -0.15) is 0 Å². The fraction of sp³-hybridized carbons (Fsp3) is 0.588. The summed E-state index contributed by atoms with van der Waals surface area (Å²) in [5, 5.41) is 5.39. The van der Waals surface area contributed by atoms with Gasteiger partial charge < -0.3 is 5.32 Å². The second-order valence-corrected chi connectivity index (χ2v) is 6.06. The molecule has 2 rings (SSSR count). The summed E-state index contributed by atoms with van der Waals surface area (Å²) >= 11 is 0. The number of hydrazine groups is 1. The zero-order chi connectivity index (χ0) is 15.4. The third-order valence-electron chi connectivity index (χ3n) is 4.21. The van der Waals surface area contributed by atoms with Gasteiger partial charge in [-0.25, -0.2) is 5.01 Å². The summed E-state index contributed by atoms with van der Waals surface area (Å²) in [6.45, 7) is 9.24. The number of rotatable bonds is 4. The molecule has 0 aromatic heterocycles. The van der Waals surface area contributed by atoms with E-state index in [0.29, 0.717) is 17.6 Å². The van der Waals surface area contributed by atoms with Crippen LogP contribution >= 0.6 is 0 Å². The second kappa shape index (κ2) is 6.94. The molecule has 4 nitrogen and oxygen atoms in total. The zero-order valence-electron chi connectivity index (χ0n) is 13.6. The lowest BCUT2D eigenvalue weighted by Gasteiger charge is -2.38. The van der Waals surface area contributed by atoms with E-state index in [-0.39, 0.29) is 5.91 Å². The predicted molar refractivity (Wildman–Crippen MR) is 87.4 cm³/mol. The van der Waals surface area contributed by atoms with E-state index in [2.05, 4.69) is 29.6 Å². The van der Waals surface area contributed by atoms with Crippen LogP contribution in [0.25, 0.3) is 0 Å². The molecule has 1 amide bonds. The first-order valence-corrected chi connectivity index (χ1v) is 7.96. The van der Waals surface area contributed by atoms with Crippen molar-refractivity contribution in [3.63, 3.8) is 0 Å². The minimum atomic E-state index is -0.0217. The molecule has 0 bridgehead atoms. The first kappa shape index (κ1) is 15.8. The molecule has 2 atom stereocenters. The monoisotopic (exact) mass is 289 g/mol. The Kier molecular flexibility index (Phi) is 5.23. The maximum absolute atomic E-state index is 12.6. The minimum absolute atomic E-state index is 0.0217. The Bertz CT molecular complexity index is 491. The highest BCUT2D eigenvalue weighted by Crippen LogP contribution is 2.22. The zero-order valence-corrected chi connectivity index (χ0v) is 13.6. The van der Waals surface area contributed by atoms with Crippen molar-refractivity contribution in [2.24, 2.45) is 0 Å². The van der Waals surface area contributed by atoms with E-state index in [1.54, 1.807) is 0 Å². The van der Waals surface area contributed by atoms with Crippen LogP contribution in [0.4, 0.5) is 5.69 Å². The van der Waals surface area contributed by atoms with E-state index >= 15 is 0 Å². The number of benzene rings is 1. The van der Waals surface area contributed by atoms with E-state index in [1.165, 1.54) is 6.42 Å². The number of piperidine rings is 1. The lowest BCUT2D eigenvalue weighted by Crippen LogP contribution is -2.54. The van der Waals surface area contributed by atoms with Crippen molar-refractivity contribution >= 4 is 11.6 Å². The third-order valence-corrected chi connectivity index (χ3v) is 4.21. The average molecular weight is 289 g/mol. The van der Waals surface area contributed by atoms with E-state index < -0.39 is 0 Å². The molecule has 1 aromatic rings. The Hall–Kier alpha value is -1.55. The molecule has 0 spiro atoms. The molecule has 1 aliphatic heterocycles. The van der Waals surface area contributed by atoms with Gasteiger partial charge in [-0.1, -0.05) is 12.5 Å². The first-order valence-electron chi connectivity index (χ1n) is 7.96. The average Bonchev–Trinajstić information content (AvgIpc) is 2.43. The molecule has 4 heteroatoms. The summed E-state index contributed by atoms with van der Waals surface area (Å²) in [4.78, 5) is 12.6. The number of anilines is 1. The molecule has 0 radical (unpaired) electrons. The van der Waals surface area contributed by atoms with Crippen molar-refractivity contribution < 1.29 is 4.79 Å². The van der Waals surface area contributed by atoms with Gasteiger partial charge in [-0.05, 0) is 58.2 Å². The first-order chi connectivity index (χ1) is 10.0. The third kappa shape index (κ3) is 3.76. The minimum Gasteiger partial charge on any atom is -0.385 e. The summed E-state index contributed by atoms with van der Waals surface area (Å²) in [5.41, 5.74) is 5.89. The fourth-order valence-corrected chi connectivity index (χ4v) is 3.01. The molecule has 116 valence electrons. The number of nitrogens with zero attached hydrogens (tertiary/aromatic N) is 1. The van der Waals surface area contributed by atoms with Crippen LogP contribution in [-0.2, 0) is 0 Å². The number of carbonyl (C=O) groups is 1. The summed E-state index contributed by atoms with van der Waals surface area (Å²) in [6.07, 6.45) is 3.51. The molecule has 2 N–H and O–H groups in total. The molecular formula is C17H27N3O. The van der Waals surface area contributed by atoms with Crippen molar-refractivity contribution in [2.45, 2.75) is 59.0 Å². The van der Waals surface area contributed by atoms with Gasteiger partial charge in [0, 0.05) is 24.3 Å². The van der Waals surface area contributed by atoms with Crippen LogP contribution in [0.3, 0.4) is 0 Å². The highest BCUT2D eigenvalue weighted by molar-refractivity contribution is 5.99. The van der Waals surface area contributed by atoms with Gasteiger partial charge in [-0.15, -0.1) is 0 Å². The van der Waals surface area contributed by atoms with Gasteiger partial charge >= 0.3 is 0 Å². The standard InChI is InChI=1S/C17H27N3O/c1-5-18-16-11-12(2)9-10-15(16)17(21)19-20-13(3)7-6-8-14(20)4/h9-11,13-14,18H,5-8H2,1-4H3,(H,19,21). The highest BCUT2D eigenvalue weighted by atomic mass is 16.2. The van der Waals surface area contributed by atoms with Crippen molar-refractivity contribution in [3.8, 4) is 0 Å².